The molecule has 0 aliphatic heterocycles. The number of anilines is 1. The lowest BCUT2D eigenvalue weighted by atomic mass is 10.1. The van der Waals surface area contributed by atoms with Crippen LogP contribution in [0.15, 0.2) is 52.3 Å². The van der Waals surface area contributed by atoms with E-state index in [1.165, 1.54) is 17.4 Å². The Morgan fingerprint density at radius 2 is 1.90 bits per heavy atom. The molecule has 1 heterocycles. The van der Waals surface area contributed by atoms with Gasteiger partial charge in [-0.3, -0.25) is 0 Å². The fourth-order valence-electron chi connectivity index (χ4n) is 1.91. The number of hydrogen-bond acceptors (Lipinski definition) is 3. The van der Waals surface area contributed by atoms with E-state index in [1.54, 1.807) is 12.1 Å². The van der Waals surface area contributed by atoms with E-state index in [9.17, 15) is 4.39 Å². The summed E-state index contributed by atoms with van der Waals surface area (Å²) in [6.45, 7) is 0. The first-order valence-corrected chi connectivity index (χ1v) is 7.58. The second kappa shape index (κ2) is 5.34. The summed E-state index contributed by atoms with van der Waals surface area (Å²) < 4.78 is 14.7. The van der Waals surface area contributed by atoms with Crippen molar-refractivity contribution in [2.24, 2.45) is 0 Å². The molecular weight excluding hydrogens is 339 g/mol. The molecule has 0 unspecified atom stereocenters. The number of aromatic nitrogens is 1. The molecule has 0 fully saturated rings. The molecule has 3 rings (SSSR count). The van der Waals surface area contributed by atoms with E-state index in [-0.39, 0.29) is 5.82 Å². The van der Waals surface area contributed by atoms with Crippen LogP contribution in [-0.4, -0.2) is 4.98 Å². The number of nitrogens with zero attached hydrogens (tertiary/aromatic N) is 1. The van der Waals surface area contributed by atoms with Gasteiger partial charge in [0, 0.05) is 26.7 Å². The van der Waals surface area contributed by atoms with Gasteiger partial charge in [0.05, 0.1) is 5.69 Å². The zero-order valence-corrected chi connectivity index (χ0v) is 12.7. The smallest absolute Gasteiger partial charge is 0.134 e. The molecule has 0 saturated heterocycles. The first kappa shape index (κ1) is 13.3. The van der Waals surface area contributed by atoms with Crippen molar-refractivity contribution < 1.29 is 4.39 Å². The van der Waals surface area contributed by atoms with Crippen molar-refractivity contribution in [3.05, 3.63) is 58.1 Å². The number of para-hydroxylation sites is 1. The monoisotopic (exact) mass is 348 g/mol. The number of halogens is 2. The first-order chi connectivity index (χ1) is 9.65. The Balaban J connectivity index is 2.04. The Kier molecular flexibility index (Phi) is 3.54. The fraction of sp³-hybridized carbons (Fsp3) is 0. The van der Waals surface area contributed by atoms with E-state index >= 15 is 0 Å². The molecule has 20 heavy (non-hydrogen) atoms. The highest BCUT2D eigenvalue weighted by Gasteiger charge is 2.12. The van der Waals surface area contributed by atoms with Gasteiger partial charge in [-0.25, -0.2) is 9.37 Å². The standard InChI is InChI=1S/C15H10BrFN2S/c16-9-5-6-10(12(17)7-9)15-19-14(8-20-15)11-3-1-2-4-13(11)18/h1-8H,18H2. The number of thiazole rings is 1. The summed E-state index contributed by atoms with van der Waals surface area (Å²) >= 11 is 4.65. The molecule has 1 aromatic heterocycles. The summed E-state index contributed by atoms with van der Waals surface area (Å²) in [4.78, 5) is 4.49. The lowest BCUT2D eigenvalue weighted by molar-refractivity contribution is 0.630. The van der Waals surface area contributed by atoms with Gasteiger partial charge in [0.2, 0.25) is 0 Å². The molecular formula is C15H10BrFN2S. The molecule has 0 aliphatic rings. The number of nitrogen functional groups attached to an aromatic ring is 1. The third kappa shape index (κ3) is 2.46. The van der Waals surface area contributed by atoms with Crippen molar-refractivity contribution in [3.8, 4) is 21.8 Å². The Bertz CT molecular complexity index is 770. The van der Waals surface area contributed by atoms with Crippen LogP contribution in [0.2, 0.25) is 0 Å². The molecule has 2 nitrogen and oxygen atoms in total. The molecule has 0 aliphatic carbocycles. The highest BCUT2D eigenvalue weighted by molar-refractivity contribution is 9.10. The first-order valence-electron chi connectivity index (χ1n) is 5.91. The van der Waals surface area contributed by atoms with E-state index < -0.39 is 0 Å². The van der Waals surface area contributed by atoms with Crippen LogP contribution < -0.4 is 5.73 Å². The second-order valence-electron chi connectivity index (χ2n) is 4.25. The third-order valence-corrected chi connectivity index (χ3v) is 4.27. The highest BCUT2D eigenvalue weighted by atomic mass is 79.9. The third-order valence-electron chi connectivity index (χ3n) is 2.90. The predicted molar refractivity (Wildman–Crippen MR) is 85.1 cm³/mol. The van der Waals surface area contributed by atoms with Crippen molar-refractivity contribution >= 4 is 33.0 Å². The summed E-state index contributed by atoms with van der Waals surface area (Å²) in [7, 11) is 0. The molecule has 3 aromatic rings. The topological polar surface area (TPSA) is 38.9 Å². The molecule has 0 amide bonds. The molecule has 5 heteroatoms. The van der Waals surface area contributed by atoms with Crippen LogP contribution in [0.5, 0.6) is 0 Å². The molecule has 100 valence electrons. The molecule has 0 saturated carbocycles. The SMILES string of the molecule is Nc1ccccc1-c1csc(-c2ccc(Br)cc2F)n1. The Hall–Kier alpha value is -1.72. The van der Waals surface area contributed by atoms with Crippen molar-refractivity contribution in [1.29, 1.82) is 0 Å². The zero-order valence-electron chi connectivity index (χ0n) is 10.3. The van der Waals surface area contributed by atoms with Crippen molar-refractivity contribution in [2.45, 2.75) is 0 Å². The Morgan fingerprint density at radius 1 is 1.10 bits per heavy atom. The van der Waals surface area contributed by atoms with E-state index in [0.29, 0.717) is 20.7 Å². The second-order valence-corrected chi connectivity index (χ2v) is 6.02. The lowest BCUT2D eigenvalue weighted by Gasteiger charge is -2.01. The Labute approximate surface area is 128 Å². The average Bonchev–Trinajstić information content (AvgIpc) is 2.88. The van der Waals surface area contributed by atoms with Gasteiger partial charge >= 0.3 is 0 Å². The van der Waals surface area contributed by atoms with Gasteiger partial charge in [-0.2, -0.15) is 0 Å². The normalized spacial score (nSPS) is 10.7. The summed E-state index contributed by atoms with van der Waals surface area (Å²) in [6, 6.07) is 12.5. The van der Waals surface area contributed by atoms with Crippen LogP contribution in [0, 0.1) is 5.82 Å². The minimum Gasteiger partial charge on any atom is -0.398 e. The van der Waals surface area contributed by atoms with Gasteiger partial charge in [-0.05, 0) is 24.3 Å². The average molecular weight is 349 g/mol. The van der Waals surface area contributed by atoms with E-state index in [2.05, 4.69) is 20.9 Å². The van der Waals surface area contributed by atoms with E-state index in [4.69, 9.17) is 5.73 Å². The fourth-order valence-corrected chi connectivity index (χ4v) is 3.09. The number of rotatable bonds is 2. The highest BCUT2D eigenvalue weighted by Crippen LogP contribution is 2.33. The quantitative estimate of drug-likeness (QED) is 0.664. The van der Waals surface area contributed by atoms with Gasteiger partial charge in [0.1, 0.15) is 10.8 Å². The van der Waals surface area contributed by atoms with Crippen LogP contribution in [0.3, 0.4) is 0 Å². The van der Waals surface area contributed by atoms with E-state index in [0.717, 1.165) is 11.3 Å². The van der Waals surface area contributed by atoms with Crippen molar-refractivity contribution in [1.82, 2.24) is 4.98 Å². The molecule has 0 radical (unpaired) electrons. The minimum atomic E-state index is -0.290. The van der Waals surface area contributed by atoms with Crippen LogP contribution in [-0.2, 0) is 0 Å². The van der Waals surface area contributed by atoms with Gasteiger partial charge < -0.3 is 5.73 Å². The number of hydrogen-bond donors (Lipinski definition) is 1. The maximum atomic E-state index is 13.9. The van der Waals surface area contributed by atoms with Crippen LogP contribution in [0.4, 0.5) is 10.1 Å². The molecule has 2 aromatic carbocycles. The summed E-state index contributed by atoms with van der Waals surface area (Å²) in [5, 5.41) is 2.54. The molecule has 0 spiro atoms. The maximum Gasteiger partial charge on any atom is 0.134 e. The van der Waals surface area contributed by atoms with Gasteiger partial charge in [0.15, 0.2) is 0 Å². The van der Waals surface area contributed by atoms with Crippen molar-refractivity contribution in [3.63, 3.8) is 0 Å². The minimum absolute atomic E-state index is 0.290. The summed E-state index contributed by atoms with van der Waals surface area (Å²) in [6.07, 6.45) is 0. The van der Waals surface area contributed by atoms with Crippen LogP contribution >= 0.6 is 27.3 Å². The largest absolute Gasteiger partial charge is 0.398 e. The molecule has 0 atom stereocenters. The van der Waals surface area contributed by atoms with Crippen LogP contribution in [0.1, 0.15) is 0 Å². The van der Waals surface area contributed by atoms with Gasteiger partial charge in [0.25, 0.3) is 0 Å². The van der Waals surface area contributed by atoms with Crippen LogP contribution in [0.25, 0.3) is 21.8 Å². The Morgan fingerprint density at radius 3 is 2.65 bits per heavy atom. The maximum absolute atomic E-state index is 13.9. The summed E-state index contributed by atoms with van der Waals surface area (Å²) in [5.41, 5.74) is 8.74. The van der Waals surface area contributed by atoms with Gasteiger partial charge in [-0.1, -0.05) is 34.1 Å². The predicted octanol–water partition coefficient (Wildman–Crippen LogP) is 4.96. The number of nitrogens with two attached hydrogens (primary N) is 1. The van der Waals surface area contributed by atoms with E-state index in [1.807, 2.05) is 29.6 Å². The lowest BCUT2D eigenvalue weighted by Crippen LogP contribution is -1.89. The zero-order chi connectivity index (χ0) is 14.1. The summed E-state index contributed by atoms with van der Waals surface area (Å²) in [5.74, 6) is -0.290. The molecule has 0 bridgehead atoms. The van der Waals surface area contributed by atoms with Gasteiger partial charge in [-0.15, -0.1) is 11.3 Å². The van der Waals surface area contributed by atoms with Crippen molar-refractivity contribution in [2.75, 3.05) is 5.73 Å². The number of benzene rings is 2. The molecule has 2 N–H and O–H groups in total.